The molecule has 0 spiro atoms. The van der Waals surface area contributed by atoms with E-state index in [1.54, 1.807) is 18.0 Å². The summed E-state index contributed by atoms with van der Waals surface area (Å²) in [5, 5.41) is 0.106. The molecule has 2 heterocycles. The van der Waals surface area contributed by atoms with E-state index < -0.39 is 0 Å². The number of thioether (sulfide) groups is 1. The van der Waals surface area contributed by atoms with Crippen LogP contribution in [0.15, 0.2) is 18.3 Å². The van der Waals surface area contributed by atoms with Crippen LogP contribution in [0.25, 0.3) is 0 Å². The largest absolute Gasteiger partial charge is 0.296 e. The van der Waals surface area contributed by atoms with Gasteiger partial charge in [0.15, 0.2) is 5.12 Å². The number of amides is 1. The summed E-state index contributed by atoms with van der Waals surface area (Å²) in [5.41, 5.74) is 1.01. The predicted octanol–water partition coefficient (Wildman–Crippen LogP) is 2.02. The van der Waals surface area contributed by atoms with Gasteiger partial charge in [-0.15, -0.1) is 0 Å². The summed E-state index contributed by atoms with van der Waals surface area (Å²) in [7, 11) is 0. The Kier molecular flexibility index (Phi) is 4.01. The summed E-state index contributed by atoms with van der Waals surface area (Å²) >= 11 is 1.29. The molecule has 1 amide bonds. The molecule has 0 bridgehead atoms. The summed E-state index contributed by atoms with van der Waals surface area (Å²) in [4.78, 5) is 28.9. The van der Waals surface area contributed by atoms with Crippen molar-refractivity contribution in [1.82, 2.24) is 4.98 Å². The van der Waals surface area contributed by atoms with Crippen molar-refractivity contribution in [2.45, 2.75) is 20.3 Å². The third-order valence-electron chi connectivity index (χ3n) is 2.96. The van der Waals surface area contributed by atoms with Crippen molar-refractivity contribution in [3.63, 3.8) is 0 Å². The zero-order chi connectivity index (χ0) is 13.1. The van der Waals surface area contributed by atoms with E-state index in [0.29, 0.717) is 18.7 Å². The number of nitrogens with zero attached hydrogens (tertiary/aromatic N) is 2. The molecule has 0 aliphatic carbocycles. The Hall–Kier alpha value is -1.36. The van der Waals surface area contributed by atoms with Crippen LogP contribution in [0, 0.1) is 12.8 Å². The maximum Gasteiger partial charge on any atom is 0.228 e. The lowest BCUT2D eigenvalue weighted by molar-refractivity contribution is -0.117. The molecule has 0 N–H and O–H groups in total. The van der Waals surface area contributed by atoms with E-state index in [9.17, 15) is 9.59 Å². The number of carbonyl (C=O) groups excluding carboxylic acids is 2. The SMILES string of the molecule is CC(=O)SCC1CC(=O)N(c2ncccc2C)C1. The van der Waals surface area contributed by atoms with Crippen molar-refractivity contribution in [1.29, 1.82) is 0 Å². The molecule has 5 heteroatoms. The van der Waals surface area contributed by atoms with Gasteiger partial charge in [0.2, 0.25) is 5.91 Å². The van der Waals surface area contributed by atoms with Crippen molar-refractivity contribution < 1.29 is 9.59 Å². The molecular formula is C13H16N2O2S. The first-order chi connectivity index (χ1) is 8.58. The second-order valence-electron chi connectivity index (χ2n) is 4.52. The van der Waals surface area contributed by atoms with Crippen LogP contribution in [0.4, 0.5) is 5.82 Å². The van der Waals surface area contributed by atoms with E-state index in [2.05, 4.69) is 4.98 Å². The first-order valence-corrected chi connectivity index (χ1v) is 6.92. The Morgan fingerprint density at radius 1 is 1.61 bits per heavy atom. The van der Waals surface area contributed by atoms with Gasteiger partial charge in [-0.2, -0.15) is 0 Å². The fourth-order valence-electron chi connectivity index (χ4n) is 2.09. The second kappa shape index (κ2) is 5.52. The third kappa shape index (κ3) is 2.90. The van der Waals surface area contributed by atoms with E-state index in [1.807, 2.05) is 19.1 Å². The molecule has 1 atom stereocenters. The van der Waals surface area contributed by atoms with Crippen LogP contribution in [0.1, 0.15) is 18.9 Å². The van der Waals surface area contributed by atoms with Gasteiger partial charge >= 0.3 is 0 Å². The lowest BCUT2D eigenvalue weighted by Crippen LogP contribution is -2.26. The Morgan fingerprint density at radius 3 is 3.06 bits per heavy atom. The maximum absolute atomic E-state index is 12.0. The van der Waals surface area contributed by atoms with Crippen LogP contribution in [0.5, 0.6) is 0 Å². The van der Waals surface area contributed by atoms with Gasteiger partial charge in [0.25, 0.3) is 0 Å². The molecule has 1 aliphatic rings. The normalized spacial score (nSPS) is 19.3. The third-order valence-corrected chi connectivity index (χ3v) is 4.01. The molecule has 1 unspecified atom stereocenters. The van der Waals surface area contributed by atoms with Crippen molar-refractivity contribution in [2.24, 2.45) is 5.92 Å². The molecule has 96 valence electrons. The van der Waals surface area contributed by atoms with E-state index >= 15 is 0 Å². The van der Waals surface area contributed by atoms with Gasteiger partial charge in [-0.25, -0.2) is 4.98 Å². The van der Waals surface area contributed by atoms with Gasteiger partial charge in [-0.3, -0.25) is 14.5 Å². The summed E-state index contributed by atoms with van der Waals surface area (Å²) in [6.45, 7) is 4.17. The number of aryl methyl sites for hydroxylation is 1. The Labute approximate surface area is 111 Å². The van der Waals surface area contributed by atoms with Crippen molar-refractivity contribution in [3.05, 3.63) is 23.9 Å². The molecule has 0 aromatic carbocycles. The number of hydrogen-bond donors (Lipinski definition) is 0. The number of hydrogen-bond acceptors (Lipinski definition) is 4. The highest BCUT2D eigenvalue weighted by atomic mass is 32.2. The maximum atomic E-state index is 12.0. The fraction of sp³-hybridized carbons (Fsp3) is 0.462. The molecule has 0 radical (unpaired) electrons. The highest BCUT2D eigenvalue weighted by Crippen LogP contribution is 2.27. The zero-order valence-electron chi connectivity index (χ0n) is 10.5. The van der Waals surface area contributed by atoms with Crippen LogP contribution in [0.2, 0.25) is 0 Å². The standard InChI is InChI=1S/C13H16N2O2S/c1-9-4-3-5-14-13(9)15-7-11(6-12(15)17)8-18-10(2)16/h3-5,11H,6-8H2,1-2H3. The van der Waals surface area contributed by atoms with Gasteiger partial charge in [0.1, 0.15) is 5.82 Å². The van der Waals surface area contributed by atoms with Gasteiger partial charge < -0.3 is 0 Å². The van der Waals surface area contributed by atoms with E-state index in [0.717, 1.165) is 11.4 Å². The quantitative estimate of drug-likeness (QED) is 0.838. The van der Waals surface area contributed by atoms with Crippen LogP contribution >= 0.6 is 11.8 Å². The van der Waals surface area contributed by atoms with Crippen molar-refractivity contribution >= 4 is 28.6 Å². The Balaban J connectivity index is 2.06. The van der Waals surface area contributed by atoms with E-state index in [4.69, 9.17) is 0 Å². The molecule has 1 aromatic rings. The number of carbonyl (C=O) groups is 2. The number of pyridine rings is 1. The summed E-state index contributed by atoms with van der Waals surface area (Å²) in [5.74, 6) is 1.81. The van der Waals surface area contributed by atoms with E-state index in [1.165, 1.54) is 11.8 Å². The second-order valence-corrected chi connectivity index (χ2v) is 5.72. The molecule has 1 aromatic heterocycles. The molecule has 1 saturated heterocycles. The lowest BCUT2D eigenvalue weighted by atomic mass is 10.1. The highest BCUT2D eigenvalue weighted by molar-refractivity contribution is 8.13. The zero-order valence-corrected chi connectivity index (χ0v) is 11.4. The average molecular weight is 264 g/mol. The van der Waals surface area contributed by atoms with Crippen LogP contribution in [-0.4, -0.2) is 28.3 Å². The van der Waals surface area contributed by atoms with Gasteiger partial charge in [-0.1, -0.05) is 17.8 Å². The van der Waals surface area contributed by atoms with Crippen LogP contribution < -0.4 is 4.90 Å². The van der Waals surface area contributed by atoms with Gasteiger partial charge in [0.05, 0.1) is 0 Å². The highest BCUT2D eigenvalue weighted by Gasteiger charge is 2.32. The first kappa shape index (κ1) is 13.1. The molecule has 18 heavy (non-hydrogen) atoms. The first-order valence-electron chi connectivity index (χ1n) is 5.93. The monoisotopic (exact) mass is 264 g/mol. The van der Waals surface area contributed by atoms with Crippen molar-refractivity contribution in [3.8, 4) is 0 Å². The number of aromatic nitrogens is 1. The van der Waals surface area contributed by atoms with Crippen molar-refractivity contribution in [2.75, 3.05) is 17.2 Å². The summed E-state index contributed by atoms with van der Waals surface area (Å²) < 4.78 is 0. The Bertz CT molecular complexity index is 476. The minimum atomic E-state index is 0.103. The lowest BCUT2D eigenvalue weighted by Gasteiger charge is -2.17. The summed E-state index contributed by atoms with van der Waals surface area (Å²) in [6.07, 6.45) is 2.21. The molecular weight excluding hydrogens is 248 g/mol. The number of anilines is 1. The van der Waals surface area contributed by atoms with Gasteiger partial charge in [0, 0.05) is 31.8 Å². The minimum Gasteiger partial charge on any atom is -0.296 e. The fourth-order valence-corrected chi connectivity index (χ4v) is 2.79. The topological polar surface area (TPSA) is 50.3 Å². The average Bonchev–Trinajstić information content (AvgIpc) is 2.69. The smallest absolute Gasteiger partial charge is 0.228 e. The molecule has 4 nitrogen and oxygen atoms in total. The molecule has 1 aliphatic heterocycles. The van der Waals surface area contributed by atoms with Crippen LogP contribution in [0.3, 0.4) is 0 Å². The molecule has 2 rings (SSSR count). The molecule has 0 saturated carbocycles. The minimum absolute atomic E-state index is 0.103. The molecule has 1 fully saturated rings. The summed E-state index contributed by atoms with van der Waals surface area (Å²) in [6, 6.07) is 3.82. The Morgan fingerprint density at radius 2 is 2.39 bits per heavy atom. The number of rotatable bonds is 3. The van der Waals surface area contributed by atoms with Gasteiger partial charge in [-0.05, 0) is 24.5 Å². The van der Waals surface area contributed by atoms with Crippen LogP contribution in [-0.2, 0) is 9.59 Å². The predicted molar refractivity (Wildman–Crippen MR) is 72.6 cm³/mol. The van der Waals surface area contributed by atoms with E-state index in [-0.39, 0.29) is 16.9 Å².